The lowest BCUT2D eigenvalue weighted by molar-refractivity contribution is 0.0746. The Bertz CT molecular complexity index is 635. The lowest BCUT2D eigenvalue weighted by Gasteiger charge is -2.22. The maximum atomic E-state index is 12.5. The van der Waals surface area contributed by atoms with Gasteiger partial charge in [-0.15, -0.1) is 0 Å². The first-order valence-corrected chi connectivity index (χ1v) is 6.68. The second-order valence-electron chi connectivity index (χ2n) is 4.69. The number of carbonyl (C=O) groups excluding carboxylic acids is 1. The second-order valence-corrected chi connectivity index (χ2v) is 4.69. The molecule has 0 aliphatic rings. The van der Waals surface area contributed by atoms with Gasteiger partial charge < -0.3 is 20.8 Å². The summed E-state index contributed by atoms with van der Waals surface area (Å²) in [6, 6.07) is 11.5. The number of hydrogen-bond donors (Lipinski definition) is 3. The number of nitrogens with zero attached hydrogens (tertiary/aromatic N) is 1. The van der Waals surface area contributed by atoms with E-state index in [0.29, 0.717) is 18.8 Å². The summed E-state index contributed by atoms with van der Waals surface area (Å²) in [6.45, 7) is 2.57. The number of phenols is 2. The number of aromatic hydroxyl groups is 2. The Hall–Kier alpha value is -2.69. The predicted octanol–water partition coefficient (Wildman–Crippen LogP) is 2.34. The van der Waals surface area contributed by atoms with Crippen molar-refractivity contribution in [1.82, 2.24) is 4.90 Å². The van der Waals surface area contributed by atoms with Gasteiger partial charge in [0.2, 0.25) is 0 Å². The number of hydrogen-bond acceptors (Lipinski definition) is 4. The van der Waals surface area contributed by atoms with Gasteiger partial charge in [0.25, 0.3) is 5.91 Å². The Morgan fingerprint density at radius 1 is 1.10 bits per heavy atom. The van der Waals surface area contributed by atoms with Gasteiger partial charge in [-0.2, -0.15) is 0 Å². The average molecular weight is 286 g/mol. The van der Waals surface area contributed by atoms with Crippen molar-refractivity contribution in [2.24, 2.45) is 0 Å². The van der Waals surface area contributed by atoms with Crippen LogP contribution >= 0.6 is 0 Å². The molecule has 0 unspecified atom stereocenters. The number of anilines is 1. The molecule has 0 aliphatic carbocycles. The number of rotatable bonds is 4. The highest BCUT2D eigenvalue weighted by atomic mass is 16.3. The maximum Gasteiger partial charge on any atom is 0.261 e. The minimum atomic E-state index is -0.434. The van der Waals surface area contributed by atoms with E-state index < -0.39 is 5.91 Å². The van der Waals surface area contributed by atoms with Crippen LogP contribution in [0.4, 0.5) is 5.69 Å². The monoisotopic (exact) mass is 286 g/mol. The second kappa shape index (κ2) is 6.17. The van der Waals surface area contributed by atoms with Crippen LogP contribution in [-0.4, -0.2) is 27.6 Å². The van der Waals surface area contributed by atoms with Gasteiger partial charge >= 0.3 is 0 Å². The zero-order valence-corrected chi connectivity index (χ0v) is 11.8. The van der Waals surface area contributed by atoms with E-state index in [9.17, 15) is 15.0 Å². The molecule has 2 aromatic rings. The number of carbonyl (C=O) groups is 1. The summed E-state index contributed by atoms with van der Waals surface area (Å²) in [5.41, 5.74) is 7.22. The van der Waals surface area contributed by atoms with Crippen LogP contribution in [0.25, 0.3) is 0 Å². The van der Waals surface area contributed by atoms with Gasteiger partial charge in [0, 0.05) is 18.8 Å². The summed E-state index contributed by atoms with van der Waals surface area (Å²) in [5, 5.41) is 19.6. The molecule has 0 saturated heterocycles. The average Bonchev–Trinajstić information content (AvgIpc) is 2.46. The van der Waals surface area contributed by atoms with E-state index in [-0.39, 0.29) is 17.1 Å². The third-order valence-electron chi connectivity index (χ3n) is 3.32. The lowest BCUT2D eigenvalue weighted by Crippen LogP contribution is -2.30. The van der Waals surface area contributed by atoms with Crippen LogP contribution in [-0.2, 0) is 6.54 Å². The van der Waals surface area contributed by atoms with Crippen molar-refractivity contribution < 1.29 is 15.0 Å². The first kappa shape index (κ1) is 14.7. The van der Waals surface area contributed by atoms with E-state index in [1.54, 1.807) is 6.07 Å². The van der Waals surface area contributed by atoms with Gasteiger partial charge in [-0.1, -0.05) is 24.3 Å². The smallest absolute Gasteiger partial charge is 0.261 e. The van der Waals surface area contributed by atoms with Crippen molar-refractivity contribution in [3.63, 3.8) is 0 Å². The summed E-state index contributed by atoms with van der Waals surface area (Å²) in [4.78, 5) is 14.0. The SMILES string of the molecule is CCN(Cc1ccccc1N)C(=O)c1c(O)cccc1O. The van der Waals surface area contributed by atoms with E-state index in [0.717, 1.165) is 5.56 Å². The highest BCUT2D eigenvalue weighted by molar-refractivity contribution is 5.99. The number of amides is 1. The molecule has 0 aromatic heterocycles. The molecule has 0 bridgehead atoms. The molecular formula is C16H18N2O3. The van der Waals surface area contributed by atoms with E-state index in [4.69, 9.17) is 5.73 Å². The molecule has 0 atom stereocenters. The molecule has 1 amide bonds. The Morgan fingerprint density at radius 3 is 2.29 bits per heavy atom. The molecule has 2 rings (SSSR count). The van der Waals surface area contributed by atoms with Crippen molar-refractivity contribution in [3.05, 3.63) is 53.6 Å². The molecule has 0 spiro atoms. The first-order valence-electron chi connectivity index (χ1n) is 6.68. The summed E-state index contributed by atoms with van der Waals surface area (Å²) in [7, 11) is 0. The van der Waals surface area contributed by atoms with Crippen molar-refractivity contribution in [2.45, 2.75) is 13.5 Å². The molecule has 5 heteroatoms. The molecule has 110 valence electrons. The van der Waals surface area contributed by atoms with Gasteiger partial charge in [0.05, 0.1) is 0 Å². The third-order valence-corrected chi connectivity index (χ3v) is 3.32. The molecule has 0 heterocycles. The Morgan fingerprint density at radius 2 is 1.71 bits per heavy atom. The van der Waals surface area contributed by atoms with Gasteiger partial charge in [0.15, 0.2) is 0 Å². The van der Waals surface area contributed by atoms with Gasteiger partial charge in [-0.05, 0) is 30.7 Å². The van der Waals surface area contributed by atoms with Crippen LogP contribution in [0.1, 0.15) is 22.8 Å². The number of para-hydroxylation sites is 1. The molecule has 2 aromatic carbocycles. The zero-order chi connectivity index (χ0) is 15.4. The molecule has 0 radical (unpaired) electrons. The fourth-order valence-corrected chi connectivity index (χ4v) is 2.12. The highest BCUT2D eigenvalue weighted by Gasteiger charge is 2.22. The fraction of sp³-hybridized carbons (Fsp3) is 0.188. The Kier molecular flexibility index (Phi) is 4.33. The Labute approximate surface area is 123 Å². The fourth-order valence-electron chi connectivity index (χ4n) is 2.12. The van der Waals surface area contributed by atoms with E-state index in [1.165, 1.54) is 23.1 Å². The van der Waals surface area contributed by atoms with Crippen LogP contribution in [0.15, 0.2) is 42.5 Å². The number of phenolic OH excluding ortho intramolecular Hbond substituents is 2. The van der Waals surface area contributed by atoms with E-state index in [1.807, 2.05) is 25.1 Å². The van der Waals surface area contributed by atoms with Crippen LogP contribution in [0, 0.1) is 0 Å². The van der Waals surface area contributed by atoms with E-state index >= 15 is 0 Å². The minimum Gasteiger partial charge on any atom is -0.507 e. The van der Waals surface area contributed by atoms with Crippen LogP contribution in [0.5, 0.6) is 11.5 Å². The quantitative estimate of drug-likeness (QED) is 0.753. The van der Waals surface area contributed by atoms with Crippen LogP contribution < -0.4 is 5.73 Å². The van der Waals surface area contributed by atoms with Crippen molar-refractivity contribution in [2.75, 3.05) is 12.3 Å². The number of nitrogens with two attached hydrogens (primary N) is 1. The Balaban J connectivity index is 2.30. The molecule has 0 saturated carbocycles. The largest absolute Gasteiger partial charge is 0.507 e. The third kappa shape index (κ3) is 3.08. The normalized spacial score (nSPS) is 10.3. The van der Waals surface area contributed by atoms with Crippen LogP contribution in [0.2, 0.25) is 0 Å². The van der Waals surface area contributed by atoms with Crippen molar-refractivity contribution >= 4 is 11.6 Å². The zero-order valence-electron chi connectivity index (χ0n) is 11.8. The first-order chi connectivity index (χ1) is 10.0. The molecular weight excluding hydrogens is 268 g/mol. The molecule has 5 nitrogen and oxygen atoms in total. The molecule has 0 aliphatic heterocycles. The summed E-state index contributed by atoms with van der Waals surface area (Å²) in [5.74, 6) is -0.907. The van der Waals surface area contributed by atoms with E-state index in [2.05, 4.69) is 0 Å². The summed E-state index contributed by atoms with van der Waals surface area (Å²) < 4.78 is 0. The minimum absolute atomic E-state index is 0.0890. The highest BCUT2D eigenvalue weighted by Crippen LogP contribution is 2.28. The van der Waals surface area contributed by atoms with Crippen molar-refractivity contribution in [3.8, 4) is 11.5 Å². The predicted molar refractivity (Wildman–Crippen MR) is 81.0 cm³/mol. The summed E-state index contributed by atoms with van der Waals surface area (Å²) in [6.07, 6.45) is 0. The number of nitrogen functional groups attached to an aromatic ring is 1. The van der Waals surface area contributed by atoms with Gasteiger partial charge in [-0.3, -0.25) is 4.79 Å². The van der Waals surface area contributed by atoms with Crippen LogP contribution in [0.3, 0.4) is 0 Å². The number of benzene rings is 2. The molecule has 21 heavy (non-hydrogen) atoms. The van der Waals surface area contributed by atoms with Crippen molar-refractivity contribution in [1.29, 1.82) is 0 Å². The maximum absolute atomic E-state index is 12.5. The van der Waals surface area contributed by atoms with Gasteiger partial charge in [0.1, 0.15) is 17.1 Å². The molecule has 4 N–H and O–H groups in total. The molecule has 0 fully saturated rings. The lowest BCUT2D eigenvalue weighted by atomic mass is 10.1. The standard InChI is InChI=1S/C16H18N2O3/c1-2-18(10-11-6-3-4-7-12(11)17)16(21)15-13(19)8-5-9-14(15)20/h3-9,19-20H,2,10,17H2,1H3. The summed E-state index contributed by atoms with van der Waals surface area (Å²) >= 11 is 0. The topological polar surface area (TPSA) is 86.8 Å². The van der Waals surface area contributed by atoms with Gasteiger partial charge in [-0.25, -0.2) is 0 Å².